The fraction of sp³-hybridized carbons (Fsp3) is 0.538. The van der Waals surface area contributed by atoms with Gasteiger partial charge in [-0.1, -0.05) is 0 Å². The highest BCUT2D eigenvalue weighted by Crippen LogP contribution is 2.43. The molecule has 0 aromatic heterocycles. The molecule has 2 N–H and O–H groups in total. The number of alkyl halides is 3. The molecule has 0 saturated heterocycles. The summed E-state index contributed by atoms with van der Waals surface area (Å²) in [6.07, 6.45) is -4.37. The van der Waals surface area contributed by atoms with Crippen molar-refractivity contribution >= 4 is 0 Å². The summed E-state index contributed by atoms with van der Waals surface area (Å²) in [4.78, 5) is 0. The fourth-order valence-electron chi connectivity index (χ4n) is 2.07. The van der Waals surface area contributed by atoms with Gasteiger partial charge in [0.1, 0.15) is 13.2 Å². The van der Waals surface area contributed by atoms with E-state index in [2.05, 4.69) is 0 Å². The topological polar surface area (TPSA) is 44.5 Å². The Bertz CT molecular complexity index is 478. The molecule has 0 amide bonds. The van der Waals surface area contributed by atoms with E-state index in [0.29, 0.717) is 12.4 Å². The molecule has 6 heteroatoms. The first-order valence-corrected chi connectivity index (χ1v) is 5.96. The Morgan fingerprint density at radius 1 is 1.16 bits per heavy atom. The minimum Gasteiger partial charge on any atom is -0.486 e. The number of fused-ring (bicyclic) bond motifs is 1. The second-order valence-electron chi connectivity index (χ2n) is 5.28. The normalized spacial score (nSPS) is 15.5. The summed E-state index contributed by atoms with van der Waals surface area (Å²) in [5.74, 6) is 0.512. The molecule has 0 saturated carbocycles. The Morgan fingerprint density at radius 3 is 2.37 bits per heavy atom. The SMILES string of the molecule is CC(C)(N)Cc1c(C(F)(F)F)ccc2c1OCCO2. The molecule has 19 heavy (non-hydrogen) atoms. The summed E-state index contributed by atoms with van der Waals surface area (Å²) in [5.41, 5.74) is 4.44. The maximum absolute atomic E-state index is 13.1. The molecule has 1 aliphatic heterocycles. The largest absolute Gasteiger partial charge is 0.486 e. The van der Waals surface area contributed by atoms with Crippen molar-refractivity contribution in [2.45, 2.75) is 32.0 Å². The number of nitrogens with two attached hydrogens (primary N) is 1. The molecular formula is C13H16F3NO2. The monoisotopic (exact) mass is 275 g/mol. The van der Waals surface area contributed by atoms with Crippen LogP contribution >= 0.6 is 0 Å². The molecule has 0 radical (unpaired) electrons. The minimum absolute atomic E-state index is 0.0639. The van der Waals surface area contributed by atoms with Crippen molar-refractivity contribution in [3.63, 3.8) is 0 Å². The van der Waals surface area contributed by atoms with Gasteiger partial charge < -0.3 is 15.2 Å². The second kappa shape index (κ2) is 4.59. The van der Waals surface area contributed by atoms with E-state index in [4.69, 9.17) is 15.2 Å². The van der Waals surface area contributed by atoms with Crippen molar-refractivity contribution in [1.29, 1.82) is 0 Å². The van der Waals surface area contributed by atoms with Crippen LogP contribution < -0.4 is 15.2 Å². The van der Waals surface area contributed by atoms with Crippen LogP contribution in [0.1, 0.15) is 25.0 Å². The van der Waals surface area contributed by atoms with E-state index >= 15 is 0 Å². The Morgan fingerprint density at radius 2 is 1.79 bits per heavy atom. The van der Waals surface area contributed by atoms with Crippen LogP contribution in [0, 0.1) is 0 Å². The van der Waals surface area contributed by atoms with Gasteiger partial charge in [-0.05, 0) is 32.4 Å². The summed E-state index contributed by atoms with van der Waals surface area (Å²) in [6.45, 7) is 3.93. The van der Waals surface area contributed by atoms with Crippen molar-refractivity contribution in [1.82, 2.24) is 0 Å². The Kier molecular flexibility index (Phi) is 3.38. The molecular weight excluding hydrogens is 259 g/mol. The first kappa shape index (κ1) is 14.0. The summed E-state index contributed by atoms with van der Waals surface area (Å²) in [6, 6.07) is 2.32. The van der Waals surface area contributed by atoms with Crippen LogP contribution in [-0.2, 0) is 12.6 Å². The summed E-state index contributed by atoms with van der Waals surface area (Å²) >= 11 is 0. The van der Waals surface area contributed by atoms with Crippen molar-refractivity contribution in [2.75, 3.05) is 13.2 Å². The number of ether oxygens (including phenoxy) is 2. The van der Waals surface area contributed by atoms with E-state index in [0.717, 1.165) is 6.07 Å². The van der Waals surface area contributed by atoms with Gasteiger partial charge in [-0.15, -0.1) is 0 Å². The highest BCUT2D eigenvalue weighted by Gasteiger charge is 2.37. The highest BCUT2D eigenvalue weighted by molar-refractivity contribution is 5.53. The third-order valence-electron chi connectivity index (χ3n) is 2.75. The Labute approximate surface area is 109 Å². The molecule has 0 unspecified atom stereocenters. The minimum atomic E-state index is -4.43. The summed E-state index contributed by atoms with van der Waals surface area (Å²) < 4.78 is 49.8. The molecule has 0 aliphatic carbocycles. The molecule has 1 aromatic carbocycles. The average molecular weight is 275 g/mol. The molecule has 0 spiro atoms. The predicted molar refractivity (Wildman–Crippen MR) is 64.4 cm³/mol. The van der Waals surface area contributed by atoms with E-state index in [1.54, 1.807) is 13.8 Å². The molecule has 1 heterocycles. The number of hydrogen-bond donors (Lipinski definition) is 1. The van der Waals surface area contributed by atoms with Gasteiger partial charge in [-0.25, -0.2) is 0 Å². The van der Waals surface area contributed by atoms with E-state index in [9.17, 15) is 13.2 Å². The van der Waals surface area contributed by atoms with Gasteiger partial charge in [0.15, 0.2) is 11.5 Å². The van der Waals surface area contributed by atoms with Crippen LogP contribution in [0.5, 0.6) is 11.5 Å². The quantitative estimate of drug-likeness (QED) is 0.902. The molecule has 2 rings (SSSR count). The van der Waals surface area contributed by atoms with Gasteiger partial charge in [0.2, 0.25) is 0 Å². The number of benzene rings is 1. The van der Waals surface area contributed by atoms with Gasteiger partial charge in [-0.2, -0.15) is 13.2 Å². The number of rotatable bonds is 2. The average Bonchev–Trinajstić information content (AvgIpc) is 2.25. The molecule has 3 nitrogen and oxygen atoms in total. The Balaban J connectivity index is 2.56. The van der Waals surface area contributed by atoms with E-state index in [-0.39, 0.29) is 24.3 Å². The van der Waals surface area contributed by atoms with Gasteiger partial charge in [0.25, 0.3) is 0 Å². The molecule has 0 atom stereocenters. The van der Waals surface area contributed by atoms with Gasteiger partial charge >= 0.3 is 6.18 Å². The van der Waals surface area contributed by atoms with Crippen LogP contribution in [0.25, 0.3) is 0 Å². The van der Waals surface area contributed by atoms with Crippen LogP contribution in [0.15, 0.2) is 12.1 Å². The molecule has 106 valence electrons. The fourth-order valence-corrected chi connectivity index (χ4v) is 2.07. The lowest BCUT2D eigenvalue weighted by Crippen LogP contribution is -2.35. The molecule has 1 aromatic rings. The van der Waals surface area contributed by atoms with Crippen molar-refractivity contribution in [3.05, 3.63) is 23.3 Å². The van der Waals surface area contributed by atoms with Crippen LogP contribution in [0.3, 0.4) is 0 Å². The first-order valence-electron chi connectivity index (χ1n) is 5.96. The van der Waals surface area contributed by atoms with Gasteiger partial charge in [0.05, 0.1) is 5.56 Å². The maximum atomic E-state index is 13.1. The zero-order valence-electron chi connectivity index (χ0n) is 10.8. The lowest BCUT2D eigenvalue weighted by atomic mass is 9.91. The number of halogens is 3. The zero-order valence-corrected chi connectivity index (χ0v) is 10.8. The highest BCUT2D eigenvalue weighted by atomic mass is 19.4. The third kappa shape index (κ3) is 3.12. The van der Waals surface area contributed by atoms with Gasteiger partial charge in [0, 0.05) is 11.1 Å². The maximum Gasteiger partial charge on any atom is 0.416 e. The smallest absolute Gasteiger partial charge is 0.416 e. The molecule has 1 aliphatic rings. The van der Waals surface area contributed by atoms with Crippen LogP contribution in [-0.4, -0.2) is 18.8 Å². The van der Waals surface area contributed by atoms with Crippen molar-refractivity contribution in [3.8, 4) is 11.5 Å². The lowest BCUT2D eigenvalue weighted by molar-refractivity contribution is -0.138. The van der Waals surface area contributed by atoms with Crippen molar-refractivity contribution < 1.29 is 22.6 Å². The summed E-state index contributed by atoms with van der Waals surface area (Å²) in [5, 5.41) is 0. The zero-order chi connectivity index (χ0) is 14.3. The number of hydrogen-bond acceptors (Lipinski definition) is 3. The third-order valence-corrected chi connectivity index (χ3v) is 2.75. The second-order valence-corrected chi connectivity index (χ2v) is 5.28. The van der Waals surface area contributed by atoms with E-state index in [1.165, 1.54) is 6.07 Å². The van der Waals surface area contributed by atoms with E-state index < -0.39 is 17.3 Å². The predicted octanol–water partition coefficient (Wildman–Crippen LogP) is 2.76. The van der Waals surface area contributed by atoms with E-state index in [1.807, 2.05) is 0 Å². The standard InChI is InChI=1S/C13H16F3NO2/c1-12(2,17)7-8-9(13(14,15)16)3-4-10-11(8)19-6-5-18-10/h3-4H,5-7,17H2,1-2H3. The summed E-state index contributed by atoms with van der Waals surface area (Å²) in [7, 11) is 0. The molecule has 0 bridgehead atoms. The van der Waals surface area contributed by atoms with Crippen LogP contribution in [0.4, 0.5) is 13.2 Å². The lowest BCUT2D eigenvalue weighted by Gasteiger charge is -2.27. The Hall–Kier alpha value is -1.43. The van der Waals surface area contributed by atoms with Crippen molar-refractivity contribution in [2.24, 2.45) is 5.73 Å². The van der Waals surface area contributed by atoms with Crippen LogP contribution in [0.2, 0.25) is 0 Å². The van der Waals surface area contributed by atoms with Gasteiger partial charge in [-0.3, -0.25) is 0 Å². The molecule has 0 fully saturated rings. The first-order chi connectivity index (χ1) is 8.68.